The molecule has 0 fully saturated rings. The quantitative estimate of drug-likeness (QED) is 0.856. The lowest BCUT2D eigenvalue weighted by molar-refractivity contribution is -0.116. The van der Waals surface area contributed by atoms with Gasteiger partial charge in [0.05, 0.1) is 12.1 Å². The summed E-state index contributed by atoms with van der Waals surface area (Å²) in [5.74, 6) is -0.498. The lowest BCUT2D eigenvalue weighted by Gasteiger charge is -2.07. The average molecular weight is 360 g/mol. The Balaban J connectivity index is 1.99. The molecule has 132 valence electrons. The lowest BCUT2D eigenvalue weighted by Crippen LogP contribution is -2.21. The fourth-order valence-corrected chi connectivity index (χ4v) is 3.11. The number of anilines is 2. The zero-order valence-corrected chi connectivity index (χ0v) is 15.4. The summed E-state index contributed by atoms with van der Waals surface area (Å²) in [6.45, 7) is 3.18. The van der Waals surface area contributed by atoms with Crippen LogP contribution in [-0.4, -0.2) is 41.7 Å². The second-order valence-electron chi connectivity index (χ2n) is 5.74. The molecule has 0 aliphatic heterocycles. The van der Waals surface area contributed by atoms with Gasteiger partial charge in [-0.05, 0) is 24.6 Å². The van der Waals surface area contributed by atoms with Crippen LogP contribution in [0, 0.1) is 6.92 Å². The van der Waals surface area contributed by atoms with Crippen LogP contribution in [0.3, 0.4) is 0 Å². The highest BCUT2D eigenvalue weighted by molar-refractivity contribution is 7.17. The summed E-state index contributed by atoms with van der Waals surface area (Å²) < 4.78 is 0. The van der Waals surface area contributed by atoms with Crippen LogP contribution < -0.4 is 10.6 Å². The third-order valence-corrected chi connectivity index (χ3v) is 4.34. The van der Waals surface area contributed by atoms with E-state index in [2.05, 4.69) is 15.6 Å². The van der Waals surface area contributed by atoms with E-state index < -0.39 is 0 Å². The van der Waals surface area contributed by atoms with Gasteiger partial charge in [-0.3, -0.25) is 14.4 Å². The Bertz CT molecular complexity index is 797. The molecule has 25 heavy (non-hydrogen) atoms. The largest absolute Gasteiger partial charge is 0.344 e. The summed E-state index contributed by atoms with van der Waals surface area (Å²) in [5, 5.41) is 5.80. The van der Waals surface area contributed by atoms with Crippen molar-refractivity contribution in [1.82, 2.24) is 9.88 Å². The van der Waals surface area contributed by atoms with Gasteiger partial charge >= 0.3 is 0 Å². The number of aromatic nitrogens is 1. The van der Waals surface area contributed by atoms with E-state index in [1.54, 1.807) is 45.3 Å². The first kappa shape index (κ1) is 18.6. The molecular weight excluding hydrogens is 340 g/mol. The molecule has 7 nitrogen and oxygen atoms in total. The molecule has 0 radical (unpaired) electrons. The number of carbonyl (C=O) groups excluding carboxylic acids is 3. The third kappa shape index (κ3) is 5.12. The van der Waals surface area contributed by atoms with E-state index in [0.717, 1.165) is 16.9 Å². The summed E-state index contributed by atoms with van der Waals surface area (Å²) in [4.78, 5) is 41.4. The van der Waals surface area contributed by atoms with Crippen LogP contribution in [0.15, 0.2) is 24.3 Å². The van der Waals surface area contributed by atoms with Crippen molar-refractivity contribution in [1.29, 1.82) is 0 Å². The Morgan fingerprint density at radius 2 is 1.76 bits per heavy atom. The number of amides is 3. The van der Waals surface area contributed by atoms with Crippen LogP contribution in [0.5, 0.6) is 0 Å². The number of nitrogens with zero attached hydrogens (tertiary/aromatic N) is 2. The molecule has 0 aliphatic carbocycles. The molecule has 0 aliphatic rings. The monoisotopic (exact) mass is 360 g/mol. The van der Waals surface area contributed by atoms with Crippen LogP contribution in [0.1, 0.15) is 27.9 Å². The molecule has 2 rings (SSSR count). The maximum atomic E-state index is 12.2. The summed E-state index contributed by atoms with van der Waals surface area (Å²) in [6.07, 6.45) is 0.177. The van der Waals surface area contributed by atoms with Crippen LogP contribution in [-0.2, 0) is 16.0 Å². The van der Waals surface area contributed by atoms with Gasteiger partial charge in [0.1, 0.15) is 4.88 Å². The number of aryl methyl sites for hydroxylation is 1. The third-order valence-electron chi connectivity index (χ3n) is 3.28. The number of thiazole rings is 1. The lowest BCUT2D eigenvalue weighted by atomic mass is 10.1. The molecule has 0 atom stereocenters. The van der Waals surface area contributed by atoms with Crippen molar-refractivity contribution >= 4 is 39.9 Å². The highest BCUT2D eigenvalue weighted by Crippen LogP contribution is 2.23. The van der Waals surface area contributed by atoms with Crippen LogP contribution in [0.4, 0.5) is 10.8 Å². The van der Waals surface area contributed by atoms with Gasteiger partial charge in [0.25, 0.3) is 5.91 Å². The van der Waals surface area contributed by atoms with Gasteiger partial charge in [-0.2, -0.15) is 0 Å². The van der Waals surface area contributed by atoms with E-state index in [1.807, 2.05) is 0 Å². The van der Waals surface area contributed by atoms with Crippen LogP contribution in [0.2, 0.25) is 0 Å². The fourth-order valence-electron chi connectivity index (χ4n) is 2.11. The standard InChI is InChI=1S/C17H20N4O3S/c1-10-15(16(24)21(3)4)25-17(18-10)20-14(23)9-12-5-7-13(8-6-12)19-11(2)22/h5-8H,9H2,1-4H3,(H,19,22)(H,18,20,23). The Morgan fingerprint density at radius 3 is 2.32 bits per heavy atom. The highest BCUT2D eigenvalue weighted by atomic mass is 32.1. The van der Waals surface area contributed by atoms with Crippen molar-refractivity contribution in [3.8, 4) is 0 Å². The molecule has 8 heteroatoms. The second kappa shape index (κ2) is 7.89. The van der Waals surface area contributed by atoms with Crippen molar-refractivity contribution in [2.75, 3.05) is 24.7 Å². The number of hydrogen-bond acceptors (Lipinski definition) is 5. The first-order valence-corrected chi connectivity index (χ1v) is 8.43. The van der Waals surface area contributed by atoms with E-state index in [4.69, 9.17) is 0 Å². The minimum atomic E-state index is -0.218. The summed E-state index contributed by atoms with van der Waals surface area (Å²) in [6, 6.07) is 7.04. The molecule has 3 amide bonds. The van der Waals surface area contributed by atoms with Crippen molar-refractivity contribution < 1.29 is 14.4 Å². The van der Waals surface area contributed by atoms with E-state index in [1.165, 1.54) is 11.8 Å². The first-order chi connectivity index (χ1) is 11.8. The van der Waals surface area contributed by atoms with Crippen LogP contribution >= 0.6 is 11.3 Å². The molecule has 0 bridgehead atoms. The predicted molar refractivity (Wildman–Crippen MR) is 97.9 cm³/mol. The fraction of sp³-hybridized carbons (Fsp3) is 0.294. The Hall–Kier alpha value is -2.74. The zero-order valence-electron chi connectivity index (χ0n) is 14.5. The highest BCUT2D eigenvalue weighted by Gasteiger charge is 2.18. The van der Waals surface area contributed by atoms with Gasteiger partial charge in [-0.15, -0.1) is 0 Å². The van der Waals surface area contributed by atoms with Gasteiger partial charge < -0.3 is 15.5 Å². The number of hydrogen-bond donors (Lipinski definition) is 2. The van der Waals surface area contributed by atoms with E-state index >= 15 is 0 Å². The number of nitrogens with one attached hydrogen (secondary N) is 2. The molecule has 0 saturated heterocycles. The zero-order chi connectivity index (χ0) is 18.6. The van der Waals surface area contributed by atoms with Crippen molar-refractivity contribution in [3.05, 3.63) is 40.4 Å². The Kier molecular flexibility index (Phi) is 5.87. The summed E-state index contributed by atoms with van der Waals surface area (Å²) in [5.41, 5.74) is 2.09. The van der Waals surface area contributed by atoms with Gasteiger partial charge in [0.15, 0.2) is 5.13 Å². The van der Waals surface area contributed by atoms with E-state index in [-0.39, 0.29) is 24.1 Å². The molecule has 0 unspecified atom stereocenters. The number of carbonyl (C=O) groups is 3. The number of benzene rings is 1. The van der Waals surface area contributed by atoms with Crippen molar-refractivity contribution in [3.63, 3.8) is 0 Å². The minimum absolute atomic E-state index is 0.135. The predicted octanol–water partition coefficient (Wildman–Crippen LogP) is 2.29. The maximum absolute atomic E-state index is 12.2. The summed E-state index contributed by atoms with van der Waals surface area (Å²) >= 11 is 1.16. The molecule has 1 aromatic carbocycles. The number of rotatable bonds is 5. The average Bonchev–Trinajstić information content (AvgIpc) is 2.88. The van der Waals surface area contributed by atoms with Crippen molar-refractivity contribution in [2.45, 2.75) is 20.3 Å². The van der Waals surface area contributed by atoms with Gasteiger partial charge in [-0.1, -0.05) is 23.5 Å². The van der Waals surface area contributed by atoms with Gasteiger partial charge in [0.2, 0.25) is 11.8 Å². The molecule has 2 N–H and O–H groups in total. The molecule has 0 saturated carbocycles. The SMILES string of the molecule is CC(=O)Nc1ccc(CC(=O)Nc2nc(C)c(C(=O)N(C)C)s2)cc1. The first-order valence-electron chi connectivity index (χ1n) is 7.61. The normalized spacial score (nSPS) is 10.2. The topological polar surface area (TPSA) is 91.4 Å². The molecule has 2 aromatic rings. The molecule has 1 heterocycles. The van der Waals surface area contributed by atoms with Gasteiger partial charge in [-0.25, -0.2) is 4.98 Å². The minimum Gasteiger partial charge on any atom is -0.344 e. The van der Waals surface area contributed by atoms with Crippen LogP contribution in [0.25, 0.3) is 0 Å². The molecule has 0 spiro atoms. The molecule has 1 aromatic heterocycles. The summed E-state index contributed by atoms with van der Waals surface area (Å²) in [7, 11) is 3.34. The Morgan fingerprint density at radius 1 is 1.12 bits per heavy atom. The van der Waals surface area contributed by atoms with Crippen molar-refractivity contribution in [2.24, 2.45) is 0 Å². The van der Waals surface area contributed by atoms with E-state index in [0.29, 0.717) is 21.4 Å². The second-order valence-corrected chi connectivity index (χ2v) is 6.74. The Labute approximate surface area is 150 Å². The smallest absolute Gasteiger partial charge is 0.265 e. The van der Waals surface area contributed by atoms with Gasteiger partial charge in [0, 0.05) is 26.7 Å². The van der Waals surface area contributed by atoms with E-state index in [9.17, 15) is 14.4 Å². The molecular formula is C17H20N4O3S. The maximum Gasteiger partial charge on any atom is 0.265 e.